The van der Waals surface area contributed by atoms with E-state index in [1.54, 1.807) is 22.0 Å². The van der Waals surface area contributed by atoms with Gasteiger partial charge in [-0.2, -0.15) is 0 Å². The van der Waals surface area contributed by atoms with Gasteiger partial charge in [-0.1, -0.05) is 10.2 Å². The maximum absolute atomic E-state index is 4.44. The first-order valence-corrected chi connectivity index (χ1v) is 13.9. The Hall–Kier alpha value is -4.48. The summed E-state index contributed by atoms with van der Waals surface area (Å²) in [5.41, 5.74) is 6.29. The normalized spacial score (nSPS) is 11.7. The van der Waals surface area contributed by atoms with Gasteiger partial charge < -0.3 is 9.80 Å². The van der Waals surface area contributed by atoms with Crippen LogP contribution < -0.4 is 18.9 Å². The molecule has 0 saturated carbocycles. The summed E-state index contributed by atoms with van der Waals surface area (Å²) >= 11 is 0. The van der Waals surface area contributed by atoms with Crippen LogP contribution in [-0.4, -0.2) is 46.7 Å². The Morgan fingerprint density at radius 3 is 1.41 bits per heavy atom. The second-order valence-corrected chi connectivity index (χ2v) is 10.6. The summed E-state index contributed by atoms with van der Waals surface area (Å²) in [6.45, 7) is 6.15. The lowest BCUT2D eigenvalue weighted by Crippen LogP contribution is -2.25. The highest BCUT2D eigenvalue weighted by atomic mass is 15.4. The van der Waals surface area contributed by atoms with E-state index in [2.05, 4.69) is 92.7 Å². The van der Waals surface area contributed by atoms with Crippen molar-refractivity contribution < 1.29 is 9.13 Å². The van der Waals surface area contributed by atoms with Gasteiger partial charge in [-0.3, -0.25) is 0 Å². The molecule has 0 N–H and O–H groups in total. The van der Waals surface area contributed by atoms with Crippen LogP contribution in [0.4, 0.5) is 34.6 Å². The molecule has 4 rings (SSSR count). The van der Waals surface area contributed by atoms with Gasteiger partial charge in [0.05, 0.1) is 28.2 Å². The Morgan fingerprint density at radius 1 is 0.659 bits per heavy atom. The molecule has 0 saturated heterocycles. The fourth-order valence-electron chi connectivity index (χ4n) is 4.55. The van der Waals surface area contributed by atoms with Crippen molar-refractivity contribution in [1.29, 1.82) is 0 Å². The van der Waals surface area contributed by atoms with Gasteiger partial charge in [-0.05, 0) is 90.8 Å². The van der Waals surface area contributed by atoms with E-state index in [9.17, 15) is 0 Å². The Balaban J connectivity index is 1.22. The van der Waals surface area contributed by atoms with Gasteiger partial charge in [0, 0.05) is 48.8 Å². The third kappa shape index (κ3) is 7.38. The summed E-state index contributed by atoms with van der Waals surface area (Å²) in [6.07, 6.45) is 6.86. The molecule has 0 radical (unpaired) electrons. The highest BCUT2D eigenvalue weighted by molar-refractivity contribution is 5.58. The summed E-state index contributed by atoms with van der Waals surface area (Å²) in [5.74, 6) is 1.39. The monoisotopic (exact) mass is 558 g/mol. The summed E-state index contributed by atoms with van der Waals surface area (Å²) in [6, 6.07) is 12.6. The third-order valence-corrected chi connectivity index (χ3v) is 7.23. The molecule has 0 spiro atoms. The maximum atomic E-state index is 4.44. The average molecular weight is 559 g/mol. The van der Waals surface area contributed by atoms with Crippen LogP contribution in [0.5, 0.6) is 0 Å². The van der Waals surface area contributed by atoms with Gasteiger partial charge in [-0.15, -0.1) is 9.36 Å². The maximum Gasteiger partial charge on any atom is 0.403 e. The van der Waals surface area contributed by atoms with Crippen molar-refractivity contribution in [2.45, 2.75) is 33.1 Å². The first-order valence-electron chi connectivity index (χ1n) is 13.9. The SMILES string of the molecule is Cc1cc(N(C)CCCCCN(C)c2ccc(N=Nc3n(C)nc[n+]3C)c(C)c2)ccc1N=Nc1n(C)nc[n+]1C. The molecule has 216 valence electrons. The van der Waals surface area contributed by atoms with Crippen LogP contribution >= 0.6 is 0 Å². The number of hydrogen-bond donors (Lipinski definition) is 0. The molecule has 0 aliphatic heterocycles. The molecule has 41 heavy (non-hydrogen) atoms. The Morgan fingerprint density at radius 2 is 1.07 bits per heavy atom. The molecule has 2 aromatic heterocycles. The number of anilines is 2. The number of hydrogen-bond acceptors (Lipinski definition) is 8. The Bertz CT molecular complexity index is 1380. The topological polar surface area (TPSA) is 99.3 Å². The molecule has 0 bridgehead atoms. The molecule has 2 heterocycles. The Labute approximate surface area is 242 Å². The lowest BCUT2D eigenvalue weighted by atomic mass is 10.1. The molecular formula is C29H42N12+2. The van der Waals surface area contributed by atoms with Crippen molar-refractivity contribution in [3.05, 3.63) is 60.2 Å². The zero-order chi connectivity index (χ0) is 29.5. The van der Waals surface area contributed by atoms with Crippen LogP contribution in [0.3, 0.4) is 0 Å². The van der Waals surface area contributed by atoms with Crippen LogP contribution in [0.15, 0.2) is 69.5 Å². The number of nitrogens with zero attached hydrogens (tertiary/aromatic N) is 12. The van der Waals surface area contributed by atoms with Crippen LogP contribution in [0.25, 0.3) is 0 Å². The average Bonchev–Trinajstić information content (AvgIpc) is 3.45. The lowest BCUT2D eigenvalue weighted by molar-refractivity contribution is -0.659. The first-order chi connectivity index (χ1) is 19.6. The molecule has 4 aromatic rings. The molecule has 0 atom stereocenters. The zero-order valence-electron chi connectivity index (χ0n) is 25.5. The highest BCUT2D eigenvalue weighted by Gasteiger charge is 2.13. The molecule has 0 aliphatic rings. The lowest BCUT2D eigenvalue weighted by Gasteiger charge is -2.22. The van der Waals surface area contributed by atoms with E-state index in [0.29, 0.717) is 11.9 Å². The van der Waals surface area contributed by atoms with E-state index in [1.807, 2.05) is 49.5 Å². The van der Waals surface area contributed by atoms with Crippen LogP contribution in [-0.2, 0) is 28.2 Å². The van der Waals surface area contributed by atoms with Gasteiger partial charge in [0.15, 0.2) is 0 Å². The van der Waals surface area contributed by atoms with Gasteiger partial charge in [0.2, 0.25) is 12.7 Å². The van der Waals surface area contributed by atoms with Crippen LogP contribution in [0, 0.1) is 13.8 Å². The number of unbranched alkanes of at least 4 members (excludes halogenated alkanes) is 2. The first kappa shape index (κ1) is 29.5. The van der Waals surface area contributed by atoms with Crippen LogP contribution in [0.1, 0.15) is 30.4 Å². The Kier molecular flexibility index (Phi) is 9.53. The predicted molar refractivity (Wildman–Crippen MR) is 160 cm³/mol. The van der Waals surface area contributed by atoms with Crippen molar-refractivity contribution in [3.8, 4) is 0 Å². The molecule has 0 amide bonds. The molecule has 12 nitrogen and oxygen atoms in total. The largest absolute Gasteiger partial charge is 0.403 e. The fourth-order valence-corrected chi connectivity index (χ4v) is 4.55. The number of azo groups is 2. The van der Waals surface area contributed by atoms with Crippen molar-refractivity contribution in [2.24, 2.45) is 48.6 Å². The second kappa shape index (κ2) is 13.2. The minimum Gasteiger partial charge on any atom is -0.375 e. The van der Waals surface area contributed by atoms with Crippen molar-refractivity contribution in [1.82, 2.24) is 19.6 Å². The van der Waals surface area contributed by atoms with E-state index < -0.39 is 0 Å². The van der Waals surface area contributed by atoms with Crippen molar-refractivity contribution >= 4 is 34.6 Å². The fraction of sp³-hybridized carbons (Fsp3) is 0.448. The second-order valence-electron chi connectivity index (χ2n) is 10.6. The quantitative estimate of drug-likeness (QED) is 0.139. The van der Waals surface area contributed by atoms with E-state index in [4.69, 9.17) is 0 Å². The molecule has 12 heteroatoms. The summed E-state index contributed by atoms with van der Waals surface area (Å²) in [4.78, 5) is 4.61. The van der Waals surface area contributed by atoms with Gasteiger partial charge in [-0.25, -0.2) is 9.13 Å². The number of aryl methyl sites for hydroxylation is 6. The van der Waals surface area contributed by atoms with E-state index >= 15 is 0 Å². The molecule has 2 aromatic carbocycles. The standard InChI is InChI=1S/C29H42N12/c1-22-18-24(12-14-26(22)32-34-28-38(5)20-30-40(28)7)36(3)16-10-9-11-17-37(4)25-13-15-27(23(2)19-25)33-35-29-39(6)21-31-41(29)8/h12-15,18-21H,9-11,16-17H2,1-8H3/q+2. The van der Waals surface area contributed by atoms with Gasteiger partial charge in [0.25, 0.3) is 0 Å². The predicted octanol–water partition coefficient (Wildman–Crippen LogP) is 4.99. The summed E-state index contributed by atoms with van der Waals surface area (Å²) < 4.78 is 7.09. The third-order valence-electron chi connectivity index (χ3n) is 7.23. The van der Waals surface area contributed by atoms with E-state index in [0.717, 1.165) is 54.9 Å². The number of aromatic nitrogens is 6. The molecular weight excluding hydrogens is 516 g/mol. The number of rotatable bonds is 12. The zero-order valence-corrected chi connectivity index (χ0v) is 25.5. The molecule has 0 unspecified atom stereocenters. The summed E-state index contributed by atoms with van der Waals surface area (Å²) in [5, 5.41) is 26.0. The molecule has 0 fully saturated rings. The smallest absolute Gasteiger partial charge is 0.375 e. The summed E-state index contributed by atoms with van der Waals surface area (Å²) in [7, 11) is 11.8. The van der Waals surface area contributed by atoms with Crippen LogP contribution in [0.2, 0.25) is 0 Å². The van der Waals surface area contributed by atoms with Gasteiger partial charge in [0.1, 0.15) is 11.4 Å². The highest BCUT2D eigenvalue weighted by Crippen LogP contribution is 2.27. The van der Waals surface area contributed by atoms with Crippen molar-refractivity contribution in [2.75, 3.05) is 37.0 Å². The van der Waals surface area contributed by atoms with Crippen molar-refractivity contribution in [3.63, 3.8) is 0 Å². The minimum absolute atomic E-state index is 0.695. The number of benzene rings is 2. The minimum atomic E-state index is 0.695. The molecule has 0 aliphatic carbocycles. The van der Waals surface area contributed by atoms with E-state index in [1.165, 1.54) is 11.4 Å². The van der Waals surface area contributed by atoms with Gasteiger partial charge >= 0.3 is 11.9 Å². The van der Waals surface area contributed by atoms with E-state index in [-0.39, 0.29) is 0 Å².